The molecule has 0 aromatic carbocycles. The number of aryl methyl sites for hydroxylation is 2. The third kappa shape index (κ3) is 3.67. The Bertz CT molecular complexity index is 760. The fraction of sp³-hybridized carbons (Fsp3) is 0.609. The van der Waals surface area contributed by atoms with Crippen LogP contribution in [0.5, 0.6) is 0 Å². The number of Topliss-reactive ketones (excluding diaryl/α,β-unsaturated/α-hetero) is 1. The number of hydrogen-bond donors (Lipinski definition) is 0. The van der Waals surface area contributed by atoms with Crippen molar-refractivity contribution in [3.8, 4) is 0 Å². The molecule has 0 saturated carbocycles. The van der Waals surface area contributed by atoms with Crippen molar-refractivity contribution >= 4 is 5.78 Å². The van der Waals surface area contributed by atoms with Gasteiger partial charge in [-0.25, -0.2) is 0 Å². The number of carbonyl (C=O) groups excluding carboxylic acids is 1. The van der Waals surface area contributed by atoms with E-state index in [-0.39, 0.29) is 5.78 Å². The van der Waals surface area contributed by atoms with Crippen LogP contribution >= 0.6 is 0 Å². The summed E-state index contributed by atoms with van der Waals surface area (Å²) >= 11 is 0. The highest BCUT2D eigenvalue weighted by Gasteiger charge is 2.41. The molecule has 2 heterocycles. The SMILES string of the molecule is Cc1oc(CC(C)(C)C(=O)C(C)(C)Cc2oc(C)c(C)c2C)c(C)c1C. The van der Waals surface area contributed by atoms with Crippen LogP contribution in [0, 0.1) is 52.4 Å². The van der Waals surface area contributed by atoms with Crippen molar-refractivity contribution in [2.75, 3.05) is 0 Å². The van der Waals surface area contributed by atoms with E-state index in [2.05, 4.69) is 27.7 Å². The van der Waals surface area contributed by atoms with Crippen LogP contribution in [0.3, 0.4) is 0 Å². The largest absolute Gasteiger partial charge is 0.466 e. The smallest absolute Gasteiger partial charge is 0.144 e. The summed E-state index contributed by atoms with van der Waals surface area (Å²) in [5, 5.41) is 0. The fourth-order valence-electron chi connectivity index (χ4n) is 3.84. The van der Waals surface area contributed by atoms with Crippen LogP contribution in [0.2, 0.25) is 0 Å². The van der Waals surface area contributed by atoms with E-state index in [4.69, 9.17) is 8.83 Å². The van der Waals surface area contributed by atoms with Crippen LogP contribution in [0.15, 0.2) is 8.83 Å². The summed E-state index contributed by atoms with van der Waals surface area (Å²) < 4.78 is 11.9. The lowest BCUT2D eigenvalue weighted by molar-refractivity contribution is -0.136. The van der Waals surface area contributed by atoms with Gasteiger partial charge in [0.25, 0.3) is 0 Å². The van der Waals surface area contributed by atoms with E-state index < -0.39 is 10.8 Å². The predicted molar refractivity (Wildman–Crippen MR) is 106 cm³/mol. The minimum absolute atomic E-state index is 0.238. The highest BCUT2D eigenvalue weighted by atomic mass is 16.3. The van der Waals surface area contributed by atoms with Crippen LogP contribution in [0.1, 0.15) is 73.0 Å². The molecule has 0 radical (unpaired) electrons. The molecule has 3 heteroatoms. The highest BCUT2D eigenvalue weighted by molar-refractivity contribution is 5.89. The summed E-state index contributed by atoms with van der Waals surface area (Å²) in [5.74, 6) is 3.97. The monoisotopic (exact) mass is 358 g/mol. The first-order valence-electron chi connectivity index (χ1n) is 9.43. The van der Waals surface area contributed by atoms with Crippen LogP contribution in [0.25, 0.3) is 0 Å². The molecule has 2 rings (SSSR count). The van der Waals surface area contributed by atoms with Crippen molar-refractivity contribution in [3.63, 3.8) is 0 Å². The molecule has 0 N–H and O–H groups in total. The van der Waals surface area contributed by atoms with E-state index in [1.54, 1.807) is 0 Å². The van der Waals surface area contributed by atoms with E-state index in [0.717, 1.165) is 34.2 Å². The number of ketones is 1. The summed E-state index contributed by atoms with van der Waals surface area (Å²) in [6, 6.07) is 0. The first-order valence-corrected chi connectivity index (χ1v) is 9.43. The molecule has 2 aromatic heterocycles. The molecular weight excluding hydrogens is 324 g/mol. The van der Waals surface area contributed by atoms with Gasteiger partial charge in [0.15, 0.2) is 0 Å². The zero-order chi connectivity index (χ0) is 20.0. The molecule has 0 unspecified atom stereocenters. The number of carbonyl (C=O) groups is 1. The molecule has 0 saturated heterocycles. The van der Waals surface area contributed by atoms with Gasteiger partial charge in [-0.3, -0.25) is 4.79 Å². The summed E-state index contributed by atoms with van der Waals surface area (Å²) in [6.45, 7) is 20.3. The first-order chi connectivity index (χ1) is 11.8. The molecule has 0 aliphatic heterocycles. The van der Waals surface area contributed by atoms with E-state index in [0.29, 0.717) is 12.8 Å². The van der Waals surface area contributed by atoms with Crippen molar-refractivity contribution < 1.29 is 13.6 Å². The van der Waals surface area contributed by atoms with Gasteiger partial charge < -0.3 is 8.83 Å². The Kier molecular flexibility index (Phi) is 5.34. The Morgan fingerprint density at radius 1 is 0.654 bits per heavy atom. The molecule has 0 aliphatic rings. The molecule has 0 fully saturated rings. The van der Waals surface area contributed by atoms with Gasteiger partial charge in [-0.2, -0.15) is 0 Å². The van der Waals surface area contributed by atoms with E-state index in [9.17, 15) is 4.79 Å². The third-order valence-electron chi connectivity index (χ3n) is 6.00. The minimum Gasteiger partial charge on any atom is -0.466 e. The van der Waals surface area contributed by atoms with Crippen LogP contribution in [0.4, 0.5) is 0 Å². The van der Waals surface area contributed by atoms with E-state index in [1.165, 1.54) is 11.1 Å². The fourth-order valence-corrected chi connectivity index (χ4v) is 3.84. The Labute approximate surface area is 158 Å². The maximum atomic E-state index is 13.4. The molecule has 144 valence electrons. The Morgan fingerprint density at radius 2 is 0.962 bits per heavy atom. The van der Waals surface area contributed by atoms with Crippen molar-refractivity contribution in [1.29, 1.82) is 0 Å². The van der Waals surface area contributed by atoms with E-state index >= 15 is 0 Å². The Hall–Kier alpha value is -1.77. The summed E-state index contributed by atoms with van der Waals surface area (Å²) in [4.78, 5) is 13.4. The lowest BCUT2D eigenvalue weighted by atomic mass is 9.69. The van der Waals surface area contributed by atoms with Gasteiger partial charge in [0.2, 0.25) is 0 Å². The van der Waals surface area contributed by atoms with Crippen molar-refractivity contribution in [2.45, 2.75) is 82.1 Å². The van der Waals surface area contributed by atoms with Gasteiger partial charge in [0.05, 0.1) is 0 Å². The Morgan fingerprint density at radius 3 is 1.19 bits per heavy atom. The molecule has 3 nitrogen and oxygen atoms in total. The molecule has 2 aromatic rings. The van der Waals surface area contributed by atoms with E-state index in [1.807, 2.05) is 41.5 Å². The topological polar surface area (TPSA) is 43.4 Å². The summed E-state index contributed by atoms with van der Waals surface area (Å²) in [6.07, 6.45) is 1.23. The predicted octanol–water partition coefficient (Wildman–Crippen LogP) is 6.13. The van der Waals surface area contributed by atoms with Crippen LogP contribution < -0.4 is 0 Å². The second kappa shape index (κ2) is 6.75. The van der Waals surface area contributed by atoms with Gasteiger partial charge in [-0.1, -0.05) is 27.7 Å². The van der Waals surface area contributed by atoms with Crippen LogP contribution in [-0.2, 0) is 17.6 Å². The molecule has 0 atom stereocenters. The average molecular weight is 359 g/mol. The van der Waals surface area contributed by atoms with Gasteiger partial charge in [-0.05, 0) is 63.8 Å². The molecule has 0 bridgehead atoms. The van der Waals surface area contributed by atoms with Crippen molar-refractivity contribution in [1.82, 2.24) is 0 Å². The molecular formula is C23H34O3. The molecule has 0 spiro atoms. The zero-order valence-electron chi connectivity index (χ0n) is 18.1. The van der Waals surface area contributed by atoms with Crippen LogP contribution in [-0.4, -0.2) is 5.78 Å². The van der Waals surface area contributed by atoms with Gasteiger partial charge in [-0.15, -0.1) is 0 Å². The summed E-state index contributed by atoms with van der Waals surface area (Å²) in [7, 11) is 0. The maximum Gasteiger partial charge on any atom is 0.144 e. The normalized spacial score (nSPS) is 12.7. The number of hydrogen-bond acceptors (Lipinski definition) is 3. The Balaban J connectivity index is 2.26. The third-order valence-corrected chi connectivity index (χ3v) is 6.00. The minimum atomic E-state index is -0.504. The highest BCUT2D eigenvalue weighted by Crippen LogP contribution is 2.38. The lowest BCUT2D eigenvalue weighted by Crippen LogP contribution is -2.39. The summed E-state index contributed by atoms with van der Waals surface area (Å²) in [5.41, 5.74) is 3.67. The second-order valence-corrected chi connectivity index (χ2v) is 9.11. The average Bonchev–Trinajstić information content (AvgIpc) is 2.91. The quantitative estimate of drug-likeness (QED) is 0.624. The lowest BCUT2D eigenvalue weighted by Gasteiger charge is -2.33. The van der Waals surface area contributed by atoms with Gasteiger partial charge in [0.1, 0.15) is 28.8 Å². The molecule has 0 aliphatic carbocycles. The molecule has 26 heavy (non-hydrogen) atoms. The first kappa shape index (κ1) is 20.5. The number of rotatable bonds is 6. The second-order valence-electron chi connectivity index (χ2n) is 9.11. The standard InChI is InChI=1S/C23H34O3/c1-13-15(3)19(25-17(13)5)11-22(7,8)21(24)23(9,10)12-20-16(4)14(2)18(6)26-20/h11-12H2,1-10H3. The number of furan rings is 2. The maximum absolute atomic E-state index is 13.4. The van der Waals surface area contributed by atoms with Gasteiger partial charge >= 0.3 is 0 Å². The zero-order valence-corrected chi connectivity index (χ0v) is 18.1. The van der Waals surface area contributed by atoms with Crippen molar-refractivity contribution in [3.05, 3.63) is 45.3 Å². The van der Waals surface area contributed by atoms with Crippen molar-refractivity contribution in [2.24, 2.45) is 10.8 Å². The molecule has 0 amide bonds. The van der Waals surface area contributed by atoms with Gasteiger partial charge in [0, 0.05) is 23.7 Å².